The molecule has 9 nitrogen and oxygen atoms in total. The van der Waals surface area contributed by atoms with Gasteiger partial charge in [-0.2, -0.15) is 33.4 Å². The van der Waals surface area contributed by atoms with Gasteiger partial charge in [-0.15, -0.1) is 0 Å². The van der Waals surface area contributed by atoms with Crippen LogP contribution in [0.3, 0.4) is 0 Å². The molecule has 2 atom stereocenters. The van der Waals surface area contributed by atoms with Crippen molar-refractivity contribution >= 4 is 15.7 Å². The molecule has 39 heavy (non-hydrogen) atoms. The predicted octanol–water partition coefficient (Wildman–Crippen LogP) is 3.06. The number of rotatable bonds is 10. The zero-order chi connectivity index (χ0) is 28.4. The number of aromatic nitrogens is 3. The van der Waals surface area contributed by atoms with E-state index in [0.717, 1.165) is 24.3 Å². The Hall–Kier alpha value is -3.83. The Labute approximate surface area is 221 Å². The highest BCUT2D eigenvalue weighted by Crippen LogP contribution is 2.36. The second-order valence-corrected chi connectivity index (χ2v) is 11.4. The van der Waals surface area contributed by atoms with Crippen molar-refractivity contribution < 1.29 is 30.8 Å². The molecule has 2 N–H and O–H groups in total. The summed E-state index contributed by atoms with van der Waals surface area (Å²) in [7, 11) is -4.24. The van der Waals surface area contributed by atoms with Crippen LogP contribution in [0, 0.1) is 24.1 Å². The van der Waals surface area contributed by atoms with Crippen molar-refractivity contribution in [3.05, 3.63) is 77.4 Å². The Bertz CT molecular complexity index is 1480. The molecule has 1 fully saturated rings. The van der Waals surface area contributed by atoms with Crippen molar-refractivity contribution in [3.63, 3.8) is 0 Å². The molecule has 14 heteroatoms. The van der Waals surface area contributed by atoms with E-state index >= 15 is 0 Å². The van der Waals surface area contributed by atoms with Gasteiger partial charge in [-0.3, -0.25) is 10.1 Å². The van der Waals surface area contributed by atoms with Crippen LogP contribution in [0.5, 0.6) is 0 Å². The smallest absolute Gasteiger partial charge is 0.336 e. The number of benzene rings is 2. The van der Waals surface area contributed by atoms with Crippen LogP contribution in [0.1, 0.15) is 35.8 Å². The summed E-state index contributed by atoms with van der Waals surface area (Å²) in [6.45, 7) is 1.54. The number of aryl methyl sites for hydroxylation is 1. The number of nitrogens with one attached hydrogen (secondary N) is 2. The molecule has 206 valence electrons. The van der Waals surface area contributed by atoms with E-state index in [1.165, 1.54) is 11.7 Å². The summed E-state index contributed by atoms with van der Waals surface area (Å²) in [6, 6.07) is 9.65. The first-order valence-corrected chi connectivity index (χ1v) is 13.6. The molecule has 1 aromatic heterocycles. The second-order valence-electron chi connectivity index (χ2n) is 9.34. The number of carbonyl (C=O) groups is 1. The number of nitrogens with zero attached hydrogens (tertiary/aromatic N) is 4. The lowest BCUT2D eigenvalue weighted by atomic mass is 10.0. The fraction of sp³-hybridized carbons (Fsp3) is 0.360. The summed E-state index contributed by atoms with van der Waals surface area (Å²) in [5.74, 6) is -3.54. The number of nitriles is 1. The van der Waals surface area contributed by atoms with Crippen molar-refractivity contribution in [2.45, 2.75) is 49.3 Å². The lowest BCUT2D eigenvalue weighted by molar-refractivity contribution is -0.160. The first-order chi connectivity index (χ1) is 18.3. The molecule has 1 heterocycles. The topological polar surface area (TPSA) is 130 Å². The molecular weight excluding hydrogens is 540 g/mol. The number of para-hydroxylation sites is 1. The van der Waals surface area contributed by atoms with E-state index in [4.69, 9.17) is 0 Å². The number of amides is 1. The SMILES string of the molecule is Cc1nn(-c2ccccc2)nc1CS(=O)(=O)C[C@H](N[C@@H](c1ccc(F)cc1)C(F)(F)F)C(=O)NC1(C#N)CC1. The van der Waals surface area contributed by atoms with Gasteiger partial charge in [-0.05, 0) is 49.6 Å². The van der Waals surface area contributed by atoms with Crippen molar-refractivity contribution in [1.29, 1.82) is 5.26 Å². The molecular formula is C25H24F4N6O3S. The van der Waals surface area contributed by atoms with Crippen LogP contribution < -0.4 is 10.6 Å². The van der Waals surface area contributed by atoms with Gasteiger partial charge in [0.25, 0.3) is 0 Å². The highest BCUT2D eigenvalue weighted by molar-refractivity contribution is 7.90. The maximum Gasteiger partial charge on any atom is 0.407 e. The molecule has 0 unspecified atom stereocenters. The van der Waals surface area contributed by atoms with E-state index in [9.17, 15) is 36.0 Å². The Morgan fingerprint density at radius 2 is 1.77 bits per heavy atom. The monoisotopic (exact) mass is 564 g/mol. The summed E-state index contributed by atoms with van der Waals surface area (Å²) < 4.78 is 81.8. The summed E-state index contributed by atoms with van der Waals surface area (Å²) in [5.41, 5.74) is -0.736. The molecule has 4 rings (SSSR count). The minimum absolute atomic E-state index is 0.0691. The van der Waals surface area contributed by atoms with Gasteiger partial charge in [0.05, 0.1) is 29.0 Å². The molecule has 0 bridgehead atoms. The number of alkyl halides is 3. The fourth-order valence-corrected chi connectivity index (χ4v) is 5.44. The van der Waals surface area contributed by atoms with Crippen LogP contribution in [-0.4, -0.2) is 52.8 Å². The molecule has 1 saturated carbocycles. The molecule has 0 radical (unpaired) electrons. The van der Waals surface area contributed by atoms with E-state index in [-0.39, 0.29) is 24.2 Å². The quantitative estimate of drug-likeness (QED) is 0.362. The third kappa shape index (κ3) is 6.98. The van der Waals surface area contributed by atoms with Crippen molar-refractivity contribution in [3.8, 4) is 11.8 Å². The van der Waals surface area contributed by atoms with E-state index in [1.54, 1.807) is 30.3 Å². The third-order valence-corrected chi connectivity index (χ3v) is 7.74. The molecule has 2 aromatic carbocycles. The fourth-order valence-electron chi connectivity index (χ4n) is 3.89. The number of sulfone groups is 1. The number of hydrogen-bond acceptors (Lipinski definition) is 7. The van der Waals surface area contributed by atoms with Gasteiger partial charge < -0.3 is 5.32 Å². The summed E-state index contributed by atoms with van der Waals surface area (Å²) in [4.78, 5) is 14.3. The first kappa shape index (κ1) is 28.2. The molecule has 1 aliphatic rings. The zero-order valence-electron chi connectivity index (χ0n) is 20.6. The molecule has 1 aliphatic carbocycles. The Morgan fingerprint density at radius 3 is 2.33 bits per heavy atom. The van der Waals surface area contributed by atoms with Gasteiger partial charge in [0.2, 0.25) is 5.91 Å². The maximum atomic E-state index is 14.0. The first-order valence-electron chi connectivity index (χ1n) is 11.8. The summed E-state index contributed by atoms with van der Waals surface area (Å²) >= 11 is 0. The van der Waals surface area contributed by atoms with Crippen LogP contribution in [0.25, 0.3) is 5.69 Å². The summed E-state index contributed by atoms with van der Waals surface area (Å²) in [6.07, 6.45) is -4.38. The average Bonchev–Trinajstić information content (AvgIpc) is 3.56. The van der Waals surface area contributed by atoms with E-state index in [1.807, 2.05) is 6.07 Å². The van der Waals surface area contributed by atoms with E-state index in [2.05, 4.69) is 20.8 Å². The minimum atomic E-state index is -4.96. The largest absolute Gasteiger partial charge is 0.407 e. The van der Waals surface area contributed by atoms with Gasteiger partial charge >= 0.3 is 6.18 Å². The Kier molecular flexibility index (Phi) is 7.76. The molecule has 1 amide bonds. The van der Waals surface area contributed by atoms with Gasteiger partial charge in [0.15, 0.2) is 9.84 Å². The van der Waals surface area contributed by atoms with Gasteiger partial charge in [-0.25, -0.2) is 12.8 Å². The van der Waals surface area contributed by atoms with Crippen LogP contribution >= 0.6 is 0 Å². The van der Waals surface area contributed by atoms with E-state index in [0.29, 0.717) is 5.69 Å². The second kappa shape index (κ2) is 10.7. The van der Waals surface area contributed by atoms with Crippen LogP contribution in [0.15, 0.2) is 54.6 Å². The van der Waals surface area contributed by atoms with E-state index < -0.39 is 62.4 Å². The number of hydrogen-bond donors (Lipinski definition) is 2. The van der Waals surface area contributed by atoms with Gasteiger partial charge in [0, 0.05) is 0 Å². The third-order valence-electron chi connectivity index (χ3n) is 6.18. The number of halogens is 4. The highest BCUT2D eigenvalue weighted by Gasteiger charge is 2.48. The van der Waals surface area contributed by atoms with Gasteiger partial charge in [0.1, 0.15) is 29.1 Å². The lowest BCUT2D eigenvalue weighted by Gasteiger charge is -2.28. The Balaban J connectivity index is 1.60. The molecule has 0 spiro atoms. The highest BCUT2D eigenvalue weighted by atomic mass is 32.2. The van der Waals surface area contributed by atoms with Crippen molar-refractivity contribution in [1.82, 2.24) is 25.6 Å². The Morgan fingerprint density at radius 1 is 1.13 bits per heavy atom. The van der Waals surface area contributed by atoms with Crippen LogP contribution in [0.4, 0.5) is 17.6 Å². The van der Waals surface area contributed by atoms with Gasteiger partial charge in [-0.1, -0.05) is 30.3 Å². The van der Waals surface area contributed by atoms with Crippen molar-refractivity contribution in [2.24, 2.45) is 0 Å². The average molecular weight is 565 g/mol. The predicted molar refractivity (Wildman–Crippen MR) is 131 cm³/mol. The lowest BCUT2D eigenvalue weighted by Crippen LogP contribution is -2.54. The van der Waals surface area contributed by atoms with Crippen LogP contribution in [0.2, 0.25) is 0 Å². The van der Waals surface area contributed by atoms with Crippen LogP contribution in [-0.2, 0) is 20.4 Å². The standard InChI is InChI=1S/C25H24F4N6O3S/c1-16-20(34-35(33-16)19-5-3-2-4-6-19)13-39(37,38)14-21(23(36)32-24(15-30)11-12-24)31-22(25(27,28)29)17-7-9-18(26)10-8-17/h2-10,21-22,31H,11-14H2,1H3,(H,32,36)/t21-,22-/m0/s1. The normalized spacial score (nSPS) is 16.2. The molecule has 0 saturated heterocycles. The summed E-state index contributed by atoms with van der Waals surface area (Å²) in [5, 5.41) is 22.2. The van der Waals surface area contributed by atoms with Crippen molar-refractivity contribution in [2.75, 3.05) is 5.75 Å². The minimum Gasteiger partial charge on any atom is -0.336 e. The molecule has 0 aliphatic heterocycles. The zero-order valence-corrected chi connectivity index (χ0v) is 21.4. The maximum absolute atomic E-state index is 14.0. The molecule has 3 aromatic rings. The number of carbonyl (C=O) groups excluding carboxylic acids is 1.